The number of fused-ring (bicyclic) bond motifs is 1. The molecule has 0 heterocycles. The van der Waals surface area contributed by atoms with Crippen molar-refractivity contribution in [2.75, 3.05) is 11.9 Å². The quantitative estimate of drug-likeness (QED) is 0.792. The summed E-state index contributed by atoms with van der Waals surface area (Å²) in [6.07, 6.45) is 4.12. The number of sulfonamides is 1. The lowest BCUT2D eigenvalue weighted by molar-refractivity contribution is 0.354. The number of benzene rings is 1. The molecule has 3 nitrogen and oxygen atoms in total. The summed E-state index contributed by atoms with van der Waals surface area (Å²) in [5.41, 5.74) is 2.43. The van der Waals surface area contributed by atoms with E-state index in [0.717, 1.165) is 31.0 Å². The van der Waals surface area contributed by atoms with E-state index >= 15 is 0 Å². The molecule has 20 heavy (non-hydrogen) atoms. The van der Waals surface area contributed by atoms with Gasteiger partial charge in [0.05, 0.1) is 4.90 Å². The predicted octanol–water partition coefficient (Wildman–Crippen LogP) is 3.26. The van der Waals surface area contributed by atoms with Gasteiger partial charge in [-0.15, -0.1) is 0 Å². The predicted molar refractivity (Wildman–Crippen MR) is 85.8 cm³/mol. The van der Waals surface area contributed by atoms with E-state index in [-0.39, 0.29) is 5.41 Å². The van der Waals surface area contributed by atoms with E-state index in [1.54, 1.807) is 6.07 Å². The first-order valence-electron chi connectivity index (χ1n) is 7.01. The number of alkyl halides is 1. The van der Waals surface area contributed by atoms with Gasteiger partial charge in [-0.05, 0) is 54.4 Å². The third-order valence-corrected chi connectivity index (χ3v) is 5.69. The van der Waals surface area contributed by atoms with Crippen LogP contribution in [0.15, 0.2) is 23.1 Å². The smallest absolute Gasteiger partial charge is 0.211 e. The fourth-order valence-electron chi connectivity index (χ4n) is 2.43. The van der Waals surface area contributed by atoms with Crippen LogP contribution < -0.4 is 4.72 Å². The summed E-state index contributed by atoms with van der Waals surface area (Å²) in [7, 11) is -3.40. The second kappa shape index (κ2) is 6.16. The average Bonchev–Trinajstić information content (AvgIpc) is 2.84. The summed E-state index contributed by atoms with van der Waals surface area (Å²) < 4.78 is 27.5. The van der Waals surface area contributed by atoms with Crippen LogP contribution in [0.25, 0.3) is 0 Å². The van der Waals surface area contributed by atoms with Crippen molar-refractivity contribution in [3.63, 3.8) is 0 Å². The van der Waals surface area contributed by atoms with Crippen LogP contribution in [0.1, 0.15) is 37.8 Å². The summed E-state index contributed by atoms with van der Waals surface area (Å²) in [6.45, 7) is 4.59. The van der Waals surface area contributed by atoms with Crippen LogP contribution >= 0.6 is 15.9 Å². The molecule has 5 heteroatoms. The molecule has 2 rings (SSSR count). The molecule has 1 aromatic rings. The SMILES string of the molecule is CC(C)(CCBr)CNS(=O)(=O)c1ccc2c(c1)CCC2. The summed E-state index contributed by atoms with van der Waals surface area (Å²) in [5.74, 6) is 0. The summed E-state index contributed by atoms with van der Waals surface area (Å²) in [5, 5.41) is 0.876. The van der Waals surface area contributed by atoms with Crippen LogP contribution in [0.3, 0.4) is 0 Å². The average molecular weight is 360 g/mol. The Hall–Kier alpha value is -0.390. The summed E-state index contributed by atoms with van der Waals surface area (Å²) in [6, 6.07) is 5.52. The molecule has 0 spiro atoms. The topological polar surface area (TPSA) is 46.2 Å². The molecule has 112 valence electrons. The van der Waals surface area contributed by atoms with E-state index in [2.05, 4.69) is 34.5 Å². The lowest BCUT2D eigenvalue weighted by Crippen LogP contribution is -2.34. The minimum atomic E-state index is -3.40. The van der Waals surface area contributed by atoms with Crippen molar-refractivity contribution in [1.82, 2.24) is 4.72 Å². The molecule has 0 radical (unpaired) electrons. The number of hydrogen-bond donors (Lipinski definition) is 1. The molecule has 0 saturated carbocycles. The first kappa shape index (κ1) is 16.0. The Morgan fingerprint density at radius 2 is 1.95 bits per heavy atom. The van der Waals surface area contributed by atoms with Gasteiger partial charge in [0, 0.05) is 11.9 Å². The van der Waals surface area contributed by atoms with E-state index < -0.39 is 10.0 Å². The molecule has 1 N–H and O–H groups in total. The van der Waals surface area contributed by atoms with Gasteiger partial charge in [0.2, 0.25) is 10.0 Å². The van der Waals surface area contributed by atoms with Gasteiger partial charge in [-0.25, -0.2) is 13.1 Å². The molecular weight excluding hydrogens is 338 g/mol. The summed E-state index contributed by atoms with van der Waals surface area (Å²) >= 11 is 3.41. The van der Waals surface area contributed by atoms with Crippen molar-refractivity contribution in [3.05, 3.63) is 29.3 Å². The minimum Gasteiger partial charge on any atom is -0.211 e. The van der Waals surface area contributed by atoms with Gasteiger partial charge in [0.25, 0.3) is 0 Å². The number of hydrogen-bond acceptors (Lipinski definition) is 2. The molecule has 1 aliphatic rings. The van der Waals surface area contributed by atoms with Crippen molar-refractivity contribution < 1.29 is 8.42 Å². The van der Waals surface area contributed by atoms with Crippen molar-refractivity contribution in [1.29, 1.82) is 0 Å². The summed E-state index contributed by atoms with van der Waals surface area (Å²) in [4.78, 5) is 0.396. The van der Waals surface area contributed by atoms with Crippen molar-refractivity contribution in [3.8, 4) is 0 Å². The molecule has 0 atom stereocenters. The molecule has 0 saturated heterocycles. The van der Waals surface area contributed by atoms with Crippen molar-refractivity contribution >= 4 is 26.0 Å². The highest BCUT2D eigenvalue weighted by atomic mass is 79.9. The monoisotopic (exact) mass is 359 g/mol. The fourth-order valence-corrected chi connectivity index (χ4v) is 4.80. The molecule has 1 aromatic carbocycles. The number of nitrogens with one attached hydrogen (secondary N) is 1. The first-order chi connectivity index (χ1) is 9.34. The molecule has 0 fully saturated rings. The molecule has 0 aliphatic heterocycles. The zero-order chi connectivity index (χ0) is 14.8. The zero-order valence-electron chi connectivity index (χ0n) is 12.1. The minimum absolute atomic E-state index is 0.0483. The highest BCUT2D eigenvalue weighted by Gasteiger charge is 2.23. The Kier molecular flexibility index (Phi) is 4.92. The zero-order valence-corrected chi connectivity index (χ0v) is 14.5. The lowest BCUT2D eigenvalue weighted by atomic mass is 9.91. The van der Waals surface area contributed by atoms with Gasteiger partial charge < -0.3 is 0 Å². The molecule has 1 aliphatic carbocycles. The normalized spacial score (nSPS) is 15.3. The first-order valence-corrected chi connectivity index (χ1v) is 9.62. The second-order valence-corrected chi connectivity index (χ2v) is 8.77. The van der Waals surface area contributed by atoms with Crippen molar-refractivity contribution in [2.24, 2.45) is 5.41 Å². The third kappa shape index (κ3) is 3.83. The maximum atomic E-state index is 12.4. The maximum Gasteiger partial charge on any atom is 0.240 e. The van der Waals surface area contributed by atoms with Crippen LogP contribution in [0.4, 0.5) is 0 Å². The van der Waals surface area contributed by atoms with Gasteiger partial charge in [-0.2, -0.15) is 0 Å². The lowest BCUT2D eigenvalue weighted by Gasteiger charge is -2.23. The van der Waals surface area contributed by atoms with Gasteiger partial charge in [0.1, 0.15) is 0 Å². The van der Waals surface area contributed by atoms with E-state index in [9.17, 15) is 8.42 Å². The standard InChI is InChI=1S/C15H22BrNO2S/c1-15(2,8-9-16)11-17-20(18,19)14-7-6-12-4-3-5-13(12)10-14/h6-7,10,17H,3-5,8-9,11H2,1-2H3. The Morgan fingerprint density at radius 3 is 2.65 bits per heavy atom. The van der Waals surface area contributed by atoms with Crippen LogP contribution in [0, 0.1) is 5.41 Å². The van der Waals surface area contributed by atoms with E-state index in [1.165, 1.54) is 11.1 Å². The van der Waals surface area contributed by atoms with Crippen LogP contribution in [-0.4, -0.2) is 20.3 Å². The molecule has 0 amide bonds. The maximum absolute atomic E-state index is 12.4. The molecular formula is C15H22BrNO2S. The Labute approximate surface area is 130 Å². The van der Waals surface area contributed by atoms with Gasteiger partial charge in [0.15, 0.2) is 0 Å². The highest BCUT2D eigenvalue weighted by molar-refractivity contribution is 9.09. The van der Waals surface area contributed by atoms with Crippen LogP contribution in [0.2, 0.25) is 0 Å². The third-order valence-electron chi connectivity index (χ3n) is 3.89. The highest BCUT2D eigenvalue weighted by Crippen LogP contribution is 2.25. The fraction of sp³-hybridized carbons (Fsp3) is 0.600. The number of rotatable bonds is 6. The Morgan fingerprint density at radius 1 is 1.25 bits per heavy atom. The van der Waals surface area contributed by atoms with E-state index in [1.807, 2.05) is 12.1 Å². The Bertz CT molecular complexity index is 582. The second-order valence-electron chi connectivity index (χ2n) is 6.21. The molecule has 0 aromatic heterocycles. The largest absolute Gasteiger partial charge is 0.240 e. The van der Waals surface area contributed by atoms with Crippen molar-refractivity contribution in [2.45, 2.75) is 44.4 Å². The molecule has 0 bridgehead atoms. The molecule has 0 unspecified atom stereocenters. The number of halogens is 1. The van der Waals surface area contributed by atoms with Gasteiger partial charge in [-0.1, -0.05) is 35.8 Å². The van der Waals surface area contributed by atoms with Crippen LogP contribution in [0.5, 0.6) is 0 Å². The van der Waals surface area contributed by atoms with Crippen LogP contribution in [-0.2, 0) is 22.9 Å². The van der Waals surface area contributed by atoms with Gasteiger partial charge in [-0.3, -0.25) is 0 Å². The van der Waals surface area contributed by atoms with E-state index in [0.29, 0.717) is 11.4 Å². The van der Waals surface area contributed by atoms with Gasteiger partial charge >= 0.3 is 0 Å². The number of aryl methyl sites for hydroxylation is 2. The van der Waals surface area contributed by atoms with E-state index in [4.69, 9.17) is 0 Å². The Balaban J connectivity index is 2.11.